The molecule has 0 radical (unpaired) electrons. The summed E-state index contributed by atoms with van der Waals surface area (Å²) in [7, 11) is 3.23. The van der Waals surface area contributed by atoms with Gasteiger partial charge >= 0.3 is 0 Å². The number of rotatable bonds is 6. The van der Waals surface area contributed by atoms with E-state index < -0.39 is 6.10 Å². The molecule has 1 unspecified atom stereocenters. The second kappa shape index (κ2) is 7.82. The molecule has 1 fully saturated rings. The molecule has 0 heterocycles. The lowest BCUT2D eigenvalue weighted by molar-refractivity contribution is -0.0448. The Morgan fingerprint density at radius 3 is 2.50 bits per heavy atom. The number of hydrogen-bond donors (Lipinski definition) is 1. The van der Waals surface area contributed by atoms with Gasteiger partial charge in [-0.1, -0.05) is 18.1 Å². The number of aliphatic hydroxyl groups is 1. The van der Waals surface area contributed by atoms with E-state index in [1.807, 2.05) is 0 Å². The molecule has 1 rings (SSSR count). The van der Waals surface area contributed by atoms with Gasteiger partial charge in [0.05, 0.1) is 12.7 Å². The maximum Gasteiger partial charge on any atom is 0.104 e. The van der Waals surface area contributed by atoms with Crippen LogP contribution in [0.15, 0.2) is 11.6 Å². The molecular formula is C13H24O3. The van der Waals surface area contributed by atoms with Crippen LogP contribution in [0, 0.1) is 0 Å². The molecule has 1 N–H and O–H groups in total. The third kappa shape index (κ3) is 4.64. The summed E-state index contributed by atoms with van der Waals surface area (Å²) < 4.78 is 10.2. The predicted octanol–water partition coefficient (Wildman–Crippen LogP) is 2.29. The normalized spacial score (nSPS) is 20.6. The molecule has 0 aromatic heterocycles. The molecule has 0 bridgehead atoms. The lowest BCUT2D eigenvalue weighted by Crippen LogP contribution is -2.31. The fraction of sp³-hybridized carbons (Fsp3) is 0.846. The molecule has 94 valence electrons. The van der Waals surface area contributed by atoms with E-state index >= 15 is 0 Å². The van der Waals surface area contributed by atoms with Gasteiger partial charge in [0.25, 0.3) is 0 Å². The maximum atomic E-state index is 9.76. The third-order valence-electron chi connectivity index (χ3n) is 3.20. The lowest BCUT2D eigenvalue weighted by Gasteiger charge is -2.21. The van der Waals surface area contributed by atoms with Crippen molar-refractivity contribution in [2.75, 3.05) is 20.8 Å². The van der Waals surface area contributed by atoms with E-state index in [-0.39, 0.29) is 6.10 Å². The van der Waals surface area contributed by atoms with E-state index in [0.29, 0.717) is 6.61 Å². The van der Waals surface area contributed by atoms with Crippen LogP contribution < -0.4 is 0 Å². The highest BCUT2D eigenvalue weighted by atomic mass is 16.5. The van der Waals surface area contributed by atoms with Crippen LogP contribution in [0.4, 0.5) is 0 Å². The molecule has 0 aromatic rings. The summed E-state index contributed by atoms with van der Waals surface area (Å²) >= 11 is 0. The van der Waals surface area contributed by atoms with Crippen molar-refractivity contribution in [3.8, 4) is 0 Å². The molecule has 1 saturated carbocycles. The first kappa shape index (κ1) is 13.7. The van der Waals surface area contributed by atoms with Crippen LogP contribution in [0.3, 0.4) is 0 Å². The van der Waals surface area contributed by atoms with Crippen molar-refractivity contribution in [1.29, 1.82) is 0 Å². The lowest BCUT2D eigenvalue weighted by atomic mass is 9.93. The van der Waals surface area contributed by atoms with Crippen LogP contribution >= 0.6 is 0 Å². The maximum absolute atomic E-state index is 9.76. The molecule has 0 spiro atoms. The number of hydrogen-bond acceptors (Lipinski definition) is 3. The van der Waals surface area contributed by atoms with E-state index in [9.17, 15) is 5.11 Å². The highest BCUT2D eigenvalue weighted by Gasteiger charge is 2.17. The van der Waals surface area contributed by atoms with Gasteiger partial charge in [-0.15, -0.1) is 0 Å². The summed E-state index contributed by atoms with van der Waals surface area (Å²) in [4.78, 5) is 0. The molecule has 1 aliphatic rings. The summed E-state index contributed by atoms with van der Waals surface area (Å²) in [5.74, 6) is 0. The number of ether oxygens (including phenoxy) is 2. The molecule has 0 aliphatic heterocycles. The second-order valence-electron chi connectivity index (χ2n) is 4.46. The Labute approximate surface area is 98.4 Å². The summed E-state index contributed by atoms with van der Waals surface area (Å²) in [6.45, 7) is 0.335. The van der Waals surface area contributed by atoms with Crippen LogP contribution in [0.25, 0.3) is 0 Å². The van der Waals surface area contributed by atoms with Gasteiger partial charge in [0.15, 0.2) is 0 Å². The fourth-order valence-corrected chi connectivity index (χ4v) is 2.18. The van der Waals surface area contributed by atoms with Gasteiger partial charge in [0.1, 0.15) is 6.10 Å². The molecule has 1 aliphatic carbocycles. The Bertz CT molecular complexity index is 205. The quantitative estimate of drug-likeness (QED) is 0.709. The van der Waals surface area contributed by atoms with E-state index in [1.54, 1.807) is 14.2 Å². The Hall–Kier alpha value is -0.380. The minimum Gasteiger partial charge on any atom is -0.388 e. The van der Waals surface area contributed by atoms with Gasteiger partial charge in [-0.25, -0.2) is 0 Å². The van der Waals surface area contributed by atoms with E-state index in [0.717, 1.165) is 6.42 Å². The smallest absolute Gasteiger partial charge is 0.104 e. The summed E-state index contributed by atoms with van der Waals surface area (Å²) in [5, 5.41) is 9.76. The van der Waals surface area contributed by atoms with E-state index in [1.165, 1.54) is 37.7 Å². The van der Waals surface area contributed by atoms with Gasteiger partial charge in [-0.05, 0) is 32.1 Å². The minimum atomic E-state index is -0.532. The van der Waals surface area contributed by atoms with Gasteiger partial charge in [0, 0.05) is 14.2 Å². The van der Waals surface area contributed by atoms with Crippen LogP contribution in [-0.2, 0) is 9.47 Å². The SMILES string of the molecule is COC[C@@H](O)C(CC=C1CCCCC1)OC. The summed E-state index contributed by atoms with van der Waals surface area (Å²) in [6, 6.07) is 0. The zero-order valence-electron chi connectivity index (χ0n) is 10.4. The zero-order chi connectivity index (χ0) is 11.8. The Morgan fingerprint density at radius 2 is 1.94 bits per heavy atom. The van der Waals surface area contributed by atoms with E-state index in [4.69, 9.17) is 9.47 Å². The number of allylic oxidation sites excluding steroid dienone is 1. The van der Waals surface area contributed by atoms with Gasteiger partial charge in [0.2, 0.25) is 0 Å². The van der Waals surface area contributed by atoms with Crippen molar-refractivity contribution in [3.63, 3.8) is 0 Å². The van der Waals surface area contributed by atoms with Crippen molar-refractivity contribution < 1.29 is 14.6 Å². The Kier molecular flexibility index (Phi) is 6.69. The molecule has 16 heavy (non-hydrogen) atoms. The van der Waals surface area contributed by atoms with Crippen molar-refractivity contribution in [2.45, 2.75) is 50.7 Å². The monoisotopic (exact) mass is 228 g/mol. The first-order valence-corrected chi connectivity index (χ1v) is 6.15. The molecule has 0 aromatic carbocycles. The van der Waals surface area contributed by atoms with Gasteiger partial charge < -0.3 is 14.6 Å². The molecular weight excluding hydrogens is 204 g/mol. The average molecular weight is 228 g/mol. The first-order chi connectivity index (χ1) is 7.77. The molecule has 3 heteroatoms. The third-order valence-corrected chi connectivity index (χ3v) is 3.20. The highest BCUT2D eigenvalue weighted by Crippen LogP contribution is 2.23. The second-order valence-corrected chi connectivity index (χ2v) is 4.46. The minimum absolute atomic E-state index is 0.144. The van der Waals surface area contributed by atoms with Crippen LogP contribution in [0.5, 0.6) is 0 Å². The highest BCUT2D eigenvalue weighted by molar-refractivity contribution is 5.05. The van der Waals surface area contributed by atoms with Gasteiger partial charge in [-0.3, -0.25) is 0 Å². The van der Waals surface area contributed by atoms with Crippen molar-refractivity contribution in [3.05, 3.63) is 11.6 Å². The standard InChI is InChI=1S/C13H24O3/c1-15-10-12(14)13(16-2)9-8-11-6-4-3-5-7-11/h8,12-14H,3-7,9-10H2,1-2H3/t12-,13?/m1/s1. The number of methoxy groups -OCH3 is 2. The van der Waals surface area contributed by atoms with Crippen molar-refractivity contribution >= 4 is 0 Å². The van der Waals surface area contributed by atoms with Crippen LogP contribution in [0.1, 0.15) is 38.5 Å². The predicted molar refractivity (Wildman–Crippen MR) is 64.5 cm³/mol. The Balaban J connectivity index is 2.37. The summed E-state index contributed by atoms with van der Waals surface area (Å²) in [6.07, 6.45) is 8.77. The molecule has 0 saturated heterocycles. The van der Waals surface area contributed by atoms with E-state index in [2.05, 4.69) is 6.08 Å². The van der Waals surface area contributed by atoms with Crippen molar-refractivity contribution in [1.82, 2.24) is 0 Å². The van der Waals surface area contributed by atoms with Crippen LogP contribution in [-0.4, -0.2) is 38.1 Å². The topological polar surface area (TPSA) is 38.7 Å². The fourth-order valence-electron chi connectivity index (χ4n) is 2.18. The van der Waals surface area contributed by atoms with Crippen molar-refractivity contribution in [2.24, 2.45) is 0 Å². The molecule has 2 atom stereocenters. The summed E-state index contributed by atoms with van der Waals surface area (Å²) in [5.41, 5.74) is 1.53. The zero-order valence-corrected chi connectivity index (χ0v) is 10.4. The first-order valence-electron chi connectivity index (χ1n) is 6.15. The molecule has 0 amide bonds. The average Bonchev–Trinajstić information content (AvgIpc) is 2.31. The van der Waals surface area contributed by atoms with Gasteiger partial charge in [-0.2, -0.15) is 0 Å². The number of aliphatic hydroxyl groups excluding tert-OH is 1. The Morgan fingerprint density at radius 1 is 1.25 bits per heavy atom. The largest absolute Gasteiger partial charge is 0.388 e. The molecule has 3 nitrogen and oxygen atoms in total. The van der Waals surface area contributed by atoms with Crippen LogP contribution in [0.2, 0.25) is 0 Å².